The van der Waals surface area contributed by atoms with Crippen LogP contribution < -0.4 is 15.1 Å². The first-order valence-electron chi connectivity index (χ1n) is 6.77. The van der Waals surface area contributed by atoms with Crippen molar-refractivity contribution in [2.24, 2.45) is 0 Å². The van der Waals surface area contributed by atoms with Gasteiger partial charge in [0.1, 0.15) is 22.3 Å². The molecule has 1 aromatic heterocycles. The molecule has 23 heavy (non-hydrogen) atoms. The summed E-state index contributed by atoms with van der Waals surface area (Å²) in [5.41, 5.74) is -0.186. The number of phenols is 1. The van der Waals surface area contributed by atoms with Crippen LogP contribution in [0.5, 0.6) is 23.0 Å². The van der Waals surface area contributed by atoms with Gasteiger partial charge in [-0.15, -0.1) is 0 Å². The smallest absolute Gasteiger partial charge is 0.347 e. The van der Waals surface area contributed by atoms with Crippen LogP contribution in [0.4, 0.5) is 0 Å². The number of fused-ring (bicyclic) bond motifs is 1. The van der Waals surface area contributed by atoms with Gasteiger partial charge in [-0.25, -0.2) is 4.79 Å². The highest BCUT2D eigenvalue weighted by molar-refractivity contribution is 5.98. The van der Waals surface area contributed by atoms with E-state index in [2.05, 4.69) is 0 Å². The lowest BCUT2D eigenvalue weighted by molar-refractivity contribution is 0.334. The molecule has 0 radical (unpaired) electrons. The minimum Gasteiger partial charge on any atom is -0.506 e. The Kier molecular flexibility index (Phi) is 3.57. The van der Waals surface area contributed by atoms with Gasteiger partial charge in [0.05, 0.1) is 14.2 Å². The molecule has 0 aliphatic carbocycles. The summed E-state index contributed by atoms with van der Waals surface area (Å²) in [4.78, 5) is 12.2. The summed E-state index contributed by atoms with van der Waals surface area (Å²) < 4.78 is 15.6. The second kappa shape index (κ2) is 5.57. The number of aromatic hydroxyl groups is 2. The predicted molar refractivity (Wildman–Crippen MR) is 84.4 cm³/mol. The maximum Gasteiger partial charge on any atom is 0.347 e. The van der Waals surface area contributed by atoms with Crippen LogP contribution in [0.15, 0.2) is 45.6 Å². The van der Waals surface area contributed by atoms with Crippen molar-refractivity contribution in [2.75, 3.05) is 14.2 Å². The van der Waals surface area contributed by atoms with Crippen molar-refractivity contribution in [1.29, 1.82) is 0 Å². The molecule has 6 nitrogen and oxygen atoms in total. The van der Waals surface area contributed by atoms with Gasteiger partial charge in [-0.1, -0.05) is 30.3 Å². The molecule has 0 unspecified atom stereocenters. The van der Waals surface area contributed by atoms with Gasteiger partial charge in [-0.05, 0) is 5.56 Å². The zero-order valence-corrected chi connectivity index (χ0v) is 12.5. The quantitative estimate of drug-likeness (QED) is 0.723. The summed E-state index contributed by atoms with van der Waals surface area (Å²) in [6, 6.07) is 9.85. The molecule has 0 amide bonds. The second-order valence-corrected chi connectivity index (χ2v) is 4.81. The molecule has 2 aromatic carbocycles. The summed E-state index contributed by atoms with van der Waals surface area (Å²) in [6.45, 7) is 0. The molecule has 0 aliphatic heterocycles. The van der Waals surface area contributed by atoms with Crippen molar-refractivity contribution >= 4 is 11.0 Å². The maximum atomic E-state index is 12.2. The molecule has 0 spiro atoms. The zero-order chi connectivity index (χ0) is 16.6. The fourth-order valence-electron chi connectivity index (χ4n) is 2.53. The summed E-state index contributed by atoms with van der Waals surface area (Å²) >= 11 is 0. The standard InChI is InChI=1S/C17H14O6/c1-21-15-10(18)8-11-13(16(15)22-2)14(19)12(17(20)23-11)9-6-4-3-5-7-9/h3-8,18-19H,1-2H3. The molecule has 118 valence electrons. The van der Waals surface area contributed by atoms with Gasteiger partial charge in [-0.3, -0.25) is 0 Å². The Morgan fingerprint density at radius 1 is 1.00 bits per heavy atom. The Bertz CT molecular complexity index is 927. The van der Waals surface area contributed by atoms with Crippen LogP contribution in [0, 0.1) is 0 Å². The van der Waals surface area contributed by atoms with Crippen LogP contribution in [-0.4, -0.2) is 24.4 Å². The van der Waals surface area contributed by atoms with Gasteiger partial charge in [-0.2, -0.15) is 0 Å². The Morgan fingerprint density at radius 3 is 2.26 bits per heavy atom. The summed E-state index contributed by atoms with van der Waals surface area (Å²) in [5, 5.41) is 20.7. The van der Waals surface area contributed by atoms with Crippen molar-refractivity contribution in [3.8, 4) is 34.1 Å². The highest BCUT2D eigenvalue weighted by atomic mass is 16.5. The Hall–Kier alpha value is -3.15. The van der Waals surface area contributed by atoms with E-state index in [0.29, 0.717) is 5.56 Å². The van der Waals surface area contributed by atoms with E-state index in [4.69, 9.17) is 13.9 Å². The van der Waals surface area contributed by atoms with E-state index >= 15 is 0 Å². The first-order valence-corrected chi connectivity index (χ1v) is 6.77. The third-order valence-corrected chi connectivity index (χ3v) is 3.53. The maximum absolute atomic E-state index is 12.2. The van der Waals surface area contributed by atoms with Crippen molar-refractivity contribution in [3.05, 3.63) is 46.8 Å². The van der Waals surface area contributed by atoms with Gasteiger partial charge in [0.2, 0.25) is 5.75 Å². The van der Waals surface area contributed by atoms with Crippen LogP contribution in [0.1, 0.15) is 0 Å². The van der Waals surface area contributed by atoms with Crippen molar-refractivity contribution in [1.82, 2.24) is 0 Å². The van der Waals surface area contributed by atoms with E-state index in [0.717, 1.165) is 0 Å². The molecule has 0 saturated heterocycles. The Labute approximate surface area is 131 Å². The van der Waals surface area contributed by atoms with Crippen molar-refractivity contribution in [3.63, 3.8) is 0 Å². The monoisotopic (exact) mass is 314 g/mol. The fraction of sp³-hybridized carbons (Fsp3) is 0.118. The molecule has 6 heteroatoms. The number of rotatable bonds is 3. The van der Waals surface area contributed by atoms with Crippen LogP contribution >= 0.6 is 0 Å². The molecular weight excluding hydrogens is 300 g/mol. The largest absolute Gasteiger partial charge is 0.506 e. The molecule has 0 atom stereocenters. The van der Waals surface area contributed by atoms with Crippen LogP contribution in [0.25, 0.3) is 22.1 Å². The van der Waals surface area contributed by atoms with Crippen LogP contribution in [0.2, 0.25) is 0 Å². The predicted octanol–water partition coefficient (Wildman–Crippen LogP) is 2.89. The van der Waals surface area contributed by atoms with Gasteiger partial charge >= 0.3 is 5.63 Å². The zero-order valence-electron chi connectivity index (χ0n) is 12.5. The van der Waals surface area contributed by atoms with Crippen molar-refractivity contribution < 1.29 is 24.1 Å². The molecule has 1 heterocycles. The summed E-state index contributed by atoms with van der Waals surface area (Å²) in [6.07, 6.45) is 0. The average Bonchev–Trinajstić information content (AvgIpc) is 2.54. The first-order chi connectivity index (χ1) is 11.1. The minimum atomic E-state index is -0.715. The second-order valence-electron chi connectivity index (χ2n) is 4.81. The molecule has 3 rings (SSSR count). The van der Waals surface area contributed by atoms with E-state index in [1.165, 1.54) is 20.3 Å². The highest BCUT2D eigenvalue weighted by Crippen LogP contribution is 2.47. The molecule has 2 N–H and O–H groups in total. The normalized spacial score (nSPS) is 10.7. The number of ether oxygens (including phenoxy) is 2. The molecule has 0 fully saturated rings. The van der Waals surface area contributed by atoms with Crippen LogP contribution in [-0.2, 0) is 0 Å². The van der Waals surface area contributed by atoms with E-state index in [1.54, 1.807) is 30.3 Å². The van der Waals surface area contributed by atoms with Crippen LogP contribution in [0.3, 0.4) is 0 Å². The third kappa shape index (κ3) is 2.24. The van der Waals surface area contributed by atoms with Crippen molar-refractivity contribution in [2.45, 2.75) is 0 Å². The first kappa shape index (κ1) is 14.8. The minimum absolute atomic E-state index is 0.00216. The number of phenolic OH excluding ortho intramolecular Hbond substituents is 1. The van der Waals surface area contributed by atoms with Gasteiger partial charge in [0, 0.05) is 6.07 Å². The fourth-order valence-corrected chi connectivity index (χ4v) is 2.53. The number of hydrogen-bond donors (Lipinski definition) is 2. The molecule has 3 aromatic rings. The molecule has 0 bridgehead atoms. The Morgan fingerprint density at radius 2 is 1.65 bits per heavy atom. The summed E-state index contributed by atoms with van der Waals surface area (Å²) in [5.74, 6) is -0.423. The lowest BCUT2D eigenvalue weighted by atomic mass is 10.0. The lowest BCUT2D eigenvalue weighted by Crippen LogP contribution is -2.04. The number of hydrogen-bond acceptors (Lipinski definition) is 6. The van der Waals surface area contributed by atoms with E-state index in [-0.39, 0.29) is 39.5 Å². The van der Waals surface area contributed by atoms with Gasteiger partial charge < -0.3 is 24.1 Å². The number of benzene rings is 2. The third-order valence-electron chi connectivity index (χ3n) is 3.53. The number of methoxy groups -OCH3 is 2. The SMILES string of the molecule is COc1c(O)cc2oc(=O)c(-c3ccccc3)c(O)c2c1OC. The van der Waals surface area contributed by atoms with Gasteiger partial charge in [0.25, 0.3) is 0 Å². The van der Waals surface area contributed by atoms with E-state index in [1.807, 2.05) is 0 Å². The highest BCUT2D eigenvalue weighted by Gasteiger charge is 2.23. The Balaban J connectivity index is 2.47. The lowest BCUT2D eigenvalue weighted by Gasteiger charge is -2.14. The molecule has 0 aliphatic rings. The summed E-state index contributed by atoms with van der Waals surface area (Å²) in [7, 11) is 2.72. The molecule has 0 saturated carbocycles. The van der Waals surface area contributed by atoms with Gasteiger partial charge in [0.15, 0.2) is 11.5 Å². The van der Waals surface area contributed by atoms with E-state index < -0.39 is 5.63 Å². The average molecular weight is 314 g/mol. The molecular formula is C17H14O6. The topological polar surface area (TPSA) is 89.1 Å². The van der Waals surface area contributed by atoms with E-state index in [9.17, 15) is 15.0 Å².